The van der Waals surface area contributed by atoms with E-state index in [1.54, 1.807) is 0 Å². The van der Waals surface area contributed by atoms with Crippen molar-refractivity contribution in [2.75, 3.05) is 20.1 Å². The minimum atomic E-state index is 0.644. The molecule has 1 fully saturated rings. The fourth-order valence-electron chi connectivity index (χ4n) is 2.78. The second-order valence-corrected chi connectivity index (χ2v) is 6.16. The number of aromatic nitrogens is 1. The lowest BCUT2D eigenvalue weighted by Crippen LogP contribution is -2.30. The second-order valence-electron chi connectivity index (χ2n) is 5.77. The summed E-state index contributed by atoms with van der Waals surface area (Å²) in [6, 6.07) is 4.88. The molecular formula is C15H21N3S. The Balaban J connectivity index is 1.68. The van der Waals surface area contributed by atoms with Crippen LogP contribution in [0.25, 0.3) is 0 Å². The lowest BCUT2D eigenvalue weighted by Gasteiger charge is -2.22. The van der Waals surface area contributed by atoms with Gasteiger partial charge in [-0.1, -0.05) is 12.2 Å². The van der Waals surface area contributed by atoms with Crippen LogP contribution in [0.4, 0.5) is 0 Å². The van der Waals surface area contributed by atoms with Crippen molar-refractivity contribution < 1.29 is 0 Å². The van der Waals surface area contributed by atoms with Crippen LogP contribution in [-0.2, 0) is 6.42 Å². The zero-order valence-electron chi connectivity index (χ0n) is 11.4. The van der Waals surface area contributed by atoms with Crippen LogP contribution in [0, 0.1) is 5.92 Å². The first-order valence-corrected chi connectivity index (χ1v) is 7.57. The second kappa shape index (κ2) is 5.55. The summed E-state index contributed by atoms with van der Waals surface area (Å²) in [5.41, 5.74) is 2.32. The number of rotatable bonds is 4. The summed E-state index contributed by atoms with van der Waals surface area (Å²) in [7, 11) is 2.10. The van der Waals surface area contributed by atoms with Crippen LogP contribution in [0.3, 0.4) is 0 Å². The number of hydrogen-bond donors (Lipinski definition) is 1. The van der Waals surface area contributed by atoms with E-state index in [0.29, 0.717) is 5.92 Å². The molecule has 19 heavy (non-hydrogen) atoms. The fourth-order valence-corrected chi connectivity index (χ4v) is 3.04. The van der Waals surface area contributed by atoms with Gasteiger partial charge in [0, 0.05) is 31.4 Å². The summed E-state index contributed by atoms with van der Waals surface area (Å²) in [5.74, 6) is 0.644. The van der Waals surface area contributed by atoms with Gasteiger partial charge in [-0.25, -0.2) is 0 Å². The fraction of sp³-hybridized carbons (Fsp3) is 0.600. The molecule has 2 aliphatic rings. The van der Waals surface area contributed by atoms with Gasteiger partial charge in [-0.15, -0.1) is 0 Å². The Hall–Kier alpha value is -1.00. The number of hydrogen-bond acceptors (Lipinski definition) is 3. The average Bonchev–Trinajstić information content (AvgIpc) is 3.22. The molecule has 1 aliphatic heterocycles. The first-order valence-electron chi connectivity index (χ1n) is 7.17. The van der Waals surface area contributed by atoms with Crippen molar-refractivity contribution in [1.29, 1.82) is 0 Å². The number of thiocarbonyl (C=S) groups is 1. The van der Waals surface area contributed by atoms with E-state index in [2.05, 4.69) is 28.3 Å². The van der Waals surface area contributed by atoms with Crippen molar-refractivity contribution in [3.05, 3.63) is 29.6 Å². The molecule has 1 aliphatic carbocycles. The van der Waals surface area contributed by atoms with Gasteiger partial charge in [-0.05, 0) is 50.3 Å². The first-order chi connectivity index (χ1) is 9.24. The van der Waals surface area contributed by atoms with E-state index < -0.39 is 0 Å². The quantitative estimate of drug-likeness (QED) is 0.851. The van der Waals surface area contributed by atoms with Crippen molar-refractivity contribution in [1.82, 2.24) is 15.2 Å². The summed E-state index contributed by atoms with van der Waals surface area (Å²) >= 11 is 5.56. The van der Waals surface area contributed by atoms with Gasteiger partial charge in [0.2, 0.25) is 0 Å². The van der Waals surface area contributed by atoms with Gasteiger partial charge in [-0.3, -0.25) is 4.98 Å². The number of pyridine rings is 1. The van der Waals surface area contributed by atoms with Crippen LogP contribution in [0.1, 0.15) is 30.5 Å². The Bertz CT molecular complexity index is 470. The van der Waals surface area contributed by atoms with Gasteiger partial charge < -0.3 is 10.2 Å². The lowest BCUT2D eigenvalue weighted by molar-refractivity contribution is 0.365. The standard InChI is InChI=1S/C15H21N3S/c1-18-10-11(6-8-16-12-4-5-12)9-14-13(15(18)19)3-2-7-17-14/h2-3,7,11-12,16H,4-6,8-10H2,1H3. The molecule has 2 heterocycles. The molecule has 1 saturated carbocycles. The Labute approximate surface area is 120 Å². The largest absolute Gasteiger partial charge is 0.365 e. The normalized spacial score (nSPS) is 23.1. The lowest BCUT2D eigenvalue weighted by atomic mass is 9.98. The van der Waals surface area contributed by atoms with E-state index in [0.717, 1.165) is 36.1 Å². The molecule has 1 unspecified atom stereocenters. The molecule has 3 rings (SSSR count). The summed E-state index contributed by atoms with van der Waals surface area (Å²) in [4.78, 5) is 7.69. The van der Waals surface area contributed by atoms with Crippen LogP contribution in [0.2, 0.25) is 0 Å². The average molecular weight is 275 g/mol. The third kappa shape index (κ3) is 3.12. The molecule has 1 atom stereocenters. The number of nitrogens with zero attached hydrogens (tertiary/aromatic N) is 2. The van der Waals surface area contributed by atoms with E-state index in [-0.39, 0.29) is 0 Å². The Morgan fingerprint density at radius 1 is 1.47 bits per heavy atom. The van der Waals surface area contributed by atoms with Crippen molar-refractivity contribution in [3.8, 4) is 0 Å². The Kier molecular flexibility index (Phi) is 3.80. The molecule has 1 N–H and O–H groups in total. The predicted octanol–water partition coefficient (Wildman–Crippen LogP) is 2.00. The van der Waals surface area contributed by atoms with Crippen LogP contribution < -0.4 is 5.32 Å². The van der Waals surface area contributed by atoms with Crippen molar-refractivity contribution in [3.63, 3.8) is 0 Å². The van der Waals surface area contributed by atoms with Crippen LogP contribution in [0.15, 0.2) is 18.3 Å². The van der Waals surface area contributed by atoms with Crippen LogP contribution in [-0.4, -0.2) is 41.1 Å². The topological polar surface area (TPSA) is 28.2 Å². The third-order valence-electron chi connectivity index (χ3n) is 4.04. The van der Waals surface area contributed by atoms with Crippen LogP contribution in [0.5, 0.6) is 0 Å². The van der Waals surface area contributed by atoms with Gasteiger partial charge in [0.05, 0.1) is 5.69 Å². The molecule has 1 aromatic heterocycles. The zero-order valence-corrected chi connectivity index (χ0v) is 12.2. The highest BCUT2D eigenvalue weighted by Gasteiger charge is 2.25. The molecule has 0 bridgehead atoms. The van der Waals surface area contributed by atoms with Crippen molar-refractivity contribution in [2.24, 2.45) is 5.92 Å². The molecule has 1 aromatic rings. The molecule has 0 aromatic carbocycles. The minimum Gasteiger partial charge on any atom is -0.365 e. The van der Waals surface area contributed by atoms with Crippen molar-refractivity contribution in [2.45, 2.75) is 31.7 Å². The zero-order chi connectivity index (χ0) is 13.2. The molecule has 0 saturated heterocycles. The van der Waals surface area contributed by atoms with Gasteiger partial charge in [0.15, 0.2) is 0 Å². The SMILES string of the molecule is CN1CC(CCNC2CC2)Cc2ncccc2C1=S. The number of fused-ring (bicyclic) bond motifs is 1. The Morgan fingerprint density at radius 2 is 2.32 bits per heavy atom. The highest BCUT2D eigenvalue weighted by atomic mass is 32.1. The minimum absolute atomic E-state index is 0.644. The summed E-state index contributed by atoms with van der Waals surface area (Å²) in [6.07, 6.45) is 6.86. The maximum atomic E-state index is 5.56. The third-order valence-corrected chi connectivity index (χ3v) is 4.58. The predicted molar refractivity (Wildman–Crippen MR) is 81.4 cm³/mol. The summed E-state index contributed by atoms with van der Waals surface area (Å²) in [6.45, 7) is 2.17. The van der Waals surface area contributed by atoms with E-state index in [1.807, 2.05) is 12.3 Å². The molecule has 4 heteroatoms. The Morgan fingerprint density at radius 3 is 3.11 bits per heavy atom. The van der Waals surface area contributed by atoms with E-state index in [9.17, 15) is 0 Å². The number of nitrogens with one attached hydrogen (secondary N) is 1. The van der Waals surface area contributed by atoms with Gasteiger partial charge >= 0.3 is 0 Å². The van der Waals surface area contributed by atoms with Gasteiger partial charge in [0.1, 0.15) is 4.99 Å². The monoisotopic (exact) mass is 275 g/mol. The van der Waals surface area contributed by atoms with Crippen molar-refractivity contribution >= 4 is 17.2 Å². The van der Waals surface area contributed by atoms with E-state index >= 15 is 0 Å². The molecule has 3 nitrogen and oxygen atoms in total. The van der Waals surface area contributed by atoms with Gasteiger partial charge in [-0.2, -0.15) is 0 Å². The highest BCUT2D eigenvalue weighted by Crippen LogP contribution is 2.23. The molecule has 102 valence electrons. The smallest absolute Gasteiger partial charge is 0.110 e. The van der Waals surface area contributed by atoms with Gasteiger partial charge in [0.25, 0.3) is 0 Å². The highest BCUT2D eigenvalue weighted by molar-refractivity contribution is 7.80. The van der Waals surface area contributed by atoms with Crippen LogP contribution >= 0.6 is 12.2 Å². The van der Waals surface area contributed by atoms with E-state index in [1.165, 1.54) is 25.0 Å². The first kappa shape index (κ1) is 13.0. The molecule has 0 amide bonds. The molecule has 0 radical (unpaired) electrons. The summed E-state index contributed by atoms with van der Waals surface area (Å²) in [5, 5.41) is 3.60. The molecular weight excluding hydrogens is 254 g/mol. The molecule has 0 spiro atoms. The maximum Gasteiger partial charge on any atom is 0.110 e. The van der Waals surface area contributed by atoms with E-state index in [4.69, 9.17) is 12.2 Å². The maximum absolute atomic E-state index is 5.56. The summed E-state index contributed by atoms with van der Waals surface area (Å²) < 4.78 is 0.